The van der Waals surface area contributed by atoms with Crippen LogP contribution in [0.3, 0.4) is 0 Å². The van der Waals surface area contributed by atoms with Crippen LogP contribution in [0.5, 0.6) is 5.75 Å². The van der Waals surface area contributed by atoms with E-state index in [4.69, 9.17) is 11.6 Å². The van der Waals surface area contributed by atoms with Gasteiger partial charge in [0.1, 0.15) is 5.75 Å². The summed E-state index contributed by atoms with van der Waals surface area (Å²) in [7, 11) is 1.70. The lowest BCUT2D eigenvalue weighted by Gasteiger charge is -2.15. The van der Waals surface area contributed by atoms with Gasteiger partial charge in [0.05, 0.1) is 10.7 Å². The molecule has 32 heavy (non-hydrogen) atoms. The van der Waals surface area contributed by atoms with E-state index < -0.39 is 0 Å². The fourth-order valence-corrected chi connectivity index (χ4v) is 4.55. The smallest absolute Gasteiger partial charge is 0.332 e. The summed E-state index contributed by atoms with van der Waals surface area (Å²) in [5.74, 6) is 0.231. The molecular formula is C27H25ClN2O2. The number of imidazole rings is 1. The van der Waals surface area contributed by atoms with Crippen LogP contribution >= 0.6 is 11.6 Å². The number of rotatable bonds is 4. The summed E-state index contributed by atoms with van der Waals surface area (Å²) in [6.07, 6.45) is 5.80. The lowest BCUT2D eigenvalue weighted by molar-refractivity contribution is 0.479. The van der Waals surface area contributed by atoms with Crippen LogP contribution in [0.1, 0.15) is 30.9 Å². The van der Waals surface area contributed by atoms with Crippen molar-refractivity contribution in [3.05, 3.63) is 93.6 Å². The van der Waals surface area contributed by atoms with Crippen molar-refractivity contribution >= 4 is 11.6 Å². The van der Waals surface area contributed by atoms with Crippen molar-refractivity contribution in [2.24, 2.45) is 7.05 Å². The minimum absolute atomic E-state index is 0.162. The highest BCUT2D eigenvalue weighted by Gasteiger charge is 2.39. The highest BCUT2D eigenvalue weighted by Crippen LogP contribution is 2.49. The summed E-state index contributed by atoms with van der Waals surface area (Å²) < 4.78 is 3.01. The molecule has 5 rings (SSSR count). The van der Waals surface area contributed by atoms with Gasteiger partial charge < -0.3 is 9.67 Å². The van der Waals surface area contributed by atoms with Crippen LogP contribution in [0.25, 0.3) is 27.9 Å². The molecule has 0 bridgehead atoms. The number of phenols is 1. The molecule has 1 aliphatic carbocycles. The van der Waals surface area contributed by atoms with Crippen LogP contribution in [0.4, 0.5) is 0 Å². The maximum atomic E-state index is 12.3. The van der Waals surface area contributed by atoms with E-state index in [2.05, 4.69) is 25.1 Å². The van der Waals surface area contributed by atoms with Crippen molar-refractivity contribution in [3.8, 4) is 33.7 Å². The van der Waals surface area contributed by atoms with E-state index in [1.54, 1.807) is 25.5 Å². The monoisotopic (exact) mass is 444 g/mol. The van der Waals surface area contributed by atoms with Gasteiger partial charge in [-0.1, -0.05) is 48.9 Å². The summed E-state index contributed by atoms with van der Waals surface area (Å²) in [6, 6.07) is 18.0. The van der Waals surface area contributed by atoms with Crippen LogP contribution in [-0.4, -0.2) is 14.2 Å². The van der Waals surface area contributed by atoms with Crippen molar-refractivity contribution in [3.63, 3.8) is 0 Å². The van der Waals surface area contributed by atoms with E-state index >= 15 is 0 Å². The molecule has 0 saturated heterocycles. The van der Waals surface area contributed by atoms with E-state index in [0.29, 0.717) is 10.7 Å². The molecule has 4 aromatic rings. The van der Waals surface area contributed by atoms with Gasteiger partial charge in [-0.05, 0) is 71.7 Å². The molecule has 1 saturated carbocycles. The molecule has 4 nitrogen and oxygen atoms in total. The molecule has 1 fully saturated rings. The maximum Gasteiger partial charge on any atom is 0.332 e. The summed E-state index contributed by atoms with van der Waals surface area (Å²) in [5.41, 5.74) is 6.42. The number of aromatic nitrogens is 2. The third-order valence-corrected chi connectivity index (χ3v) is 6.89. The first-order valence-corrected chi connectivity index (χ1v) is 11.1. The summed E-state index contributed by atoms with van der Waals surface area (Å²) in [6.45, 7) is 4.31. The fourth-order valence-electron chi connectivity index (χ4n) is 4.27. The van der Waals surface area contributed by atoms with Gasteiger partial charge in [-0.15, -0.1) is 0 Å². The molecule has 1 aromatic heterocycles. The van der Waals surface area contributed by atoms with Crippen molar-refractivity contribution in [2.45, 2.75) is 32.1 Å². The average Bonchev–Trinajstić information content (AvgIpc) is 3.46. The zero-order chi connectivity index (χ0) is 22.6. The molecule has 0 amide bonds. The van der Waals surface area contributed by atoms with E-state index in [1.165, 1.54) is 27.5 Å². The molecule has 5 heteroatoms. The Morgan fingerprint density at radius 3 is 2.25 bits per heavy atom. The van der Waals surface area contributed by atoms with E-state index in [1.807, 2.05) is 37.3 Å². The summed E-state index contributed by atoms with van der Waals surface area (Å²) in [5, 5.41) is 11.7. The van der Waals surface area contributed by atoms with E-state index in [-0.39, 0.29) is 16.9 Å². The highest BCUT2D eigenvalue weighted by atomic mass is 35.5. The highest BCUT2D eigenvalue weighted by molar-refractivity contribution is 6.32. The summed E-state index contributed by atoms with van der Waals surface area (Å²) in [4.78, 5) is 12.3. The lowest BCUT2D eigenvalue weighted by atomic mass is 9.91. The first-order chi connectivity index (χ1) is 15.3. The van der Waals surface area contributed by atoms with E-state index in [9.17, 15) is 9.90 Å². The molecule has 1 heterocycles. The van der Waals surface area contributed by atoms with Gasteiger partial charge in [0, 0.05) is 30.6 Å². The quantitative estimate of drug-likeness (QED) is 0.405. The molecule has 0 radical (unpaired) electrons. The predicted octanol–water partition coefficient (Wildman–Crippen LogP) is 6.23. The molecule has 1 N–H and O–H groups in total. The first kappa shape index (κ1) is 20.7. The number of hydrogen-bond acceptors (Lipinski definition) is 2. The van der Waals surface area contributed by atoms with Crippen LogP contribution in [0.15, 0.2) is 71.8 Å². The first-order valence-electron chi connectivity index (χ1n) is 10.8. The second-order valence-electron chi connectivity index (χ2n) is 9.08. The molecule has 1 aliphatic rings. The third kappa shape index (κ3) is 3.45. The van der Waals surface area contributed by atoms with Crippen molar-refractivity contribution in [1.82, 2.24) is 9.13 Å². The second kappa shape index (κ2) is 7.42. The largest absolute Gasteiger partial charge is 0.507 e. The van der Waals surface area contributed by atoms with Gasteiger partial charge >= 0.3 is 5.69 Å². The SMILES string of the molecule is Cc1cc(-c2cccc(C3(C)CC3)c2)c(O)c(-c2ccc(-n3ccn(C)c3=O)c(Cl)c2)c1. The van der Waals surface area contributed by atoms with Crippen LogP contribution in [0, 0.1) is 6.92 Å². The number of hydrogen-bond donors (Lipinski definition) is 1. The molecule has 0 unspecified atom stereocenters. The Morgan fingerprint density at radius 2 is 1.66 bits per heavy atom. The Morgan fingerprint density at radius 1 is 0.969 bits per heavy atom. The number of aryl methyl sites for hydroxylation is 2. The number of halogens is 1. The van der Waals surface area contributed by atoms with E-state index in [0.717, 1.165) is 27.8 Å². The van der Waals surface area contributed by atoms with Gasteiger partial charge in [0.25, 0.3) is 0 Å². The van der Waals surface area contributed by atoms with Crippen molar-refractivity contribution in [1.29, 1.82) is 0 Å². The number of benzene rings is 3. The summed E-state index contributed by atoms with van der Waals surface area (Å²) >= 11 is 6.57. The molecule has 0 aliphatic heterocycles. The van der Waals surface area contributed by atoms with Gasteiger partial charge in [-0.25, -0.2) is 4.79 Å². The topological polar surface area (TPSA) is 47.2 Å². The Hall–Kier alpha value is -3.24. The van der Waals surface area contributed by atoms with Gasteiger partial charge in [0.15, 0.2) is 0 Å². The normalized spacial score (nSPS) is 14.5. The standard InChI is InChI=1S/C27H25ClN2O2/c1-17-13-21(18-5-4-6-20(15-18)27(2)9-10-27)25(31)22(14-17)19-7-8-24(23(28)16-19)30-12-11-29(3)26(30)32/h4-8,11-16,31H,9-10H2,1-3H3. The zero-order valence-electron chi connectivity index (χ0n) is 18.4. The molecule has 162 valence electrons. The van der Waals surface area contributed by atoms with Crippen LogP contribution in [0.2, 0.25) is 5.02 Å². The Bertz CT molecular complexity index is 1410. The fraction of sp³-hybridized carbons (Fsp3) is 0.222. The minimum Gasteiger partial charge on any atom is -0.507 e. The number of phenolic OH excluding ortho intramolecular Hbond substituents is 1. The third-order valence-electron chi connectivity index (χ3n) is 6.59. The van der Waals surface area contributed by atoms with Gasteiger partial charge in [-0.3, -0.25) is 4.57 Å². The molecule has 3 aromatic carbocycles. The second-order valence-corrected chi connectivity index (χ2v) is 9.49. The number of nitrogens with zero attached hydrogens (tertiary/aromatic N) is 2. The van der Waals surface area contributed by atoms with Crippen LogP contribution in [-0.2, 0) is 12.5 Å². The average molecular weight is 445 g/mol. The van der Waals surface area contributed by atoms with Crippen LogP contribution < -0.4 is 5.69 Å². The Balaban J connectivity index is 1.60. The predicted molar refractivity (Wildman–Crippen MR) is 130 cm³/mol. The molecule has 0 spiro atoms. The lowest BCUT2D eigenvalue weighted by Crippen LogP contribution is -2.20. The van der Waals surface area contributed by atoms with Gasteiger partial charge in [0.2, 0.25) is 0 Å². The minimum atomic E-state index is -0.162. The molecular weight excluding hydrogens is 420 g/mol. The maximum absolute atomic E-state index is 12.3. The Labute approximate surface area is 192 Å². The molecule has 0 atom stereocenters. The number of aromatic hydroxyl groups is 1. The van der Waals surface area contributed by atoms with Crippen molar-refractivity contribution in [2.75, 3.05) is 0 Å². The Kier molecular flexibility index (Phi) is 4.79. The van der Waals surface area contributed by atoms with Gasteiger partial charge in [-0.2, -0.15) is 0 Å². The zero-order valence-corrected chi connectivity index (χ0v) is 19.1. The van der Waals surface area contributed by atoms with Crippen molar-refractivity contribution < 1.29 is 5.11 Å².